The van der Waals surface area contributed by atoms with Crippen LogP contribution in [0.3, 0.4) is 0 Å². The maximum atomic E-state index is 14.6. The lowest BCUT2D eigenvalue weighted by Gasteiger charge is -2.46. The van der Waals surface area contributed by atoms with E-state index >= 15 is 0 Å². The van der Waals surface area contributed by atoms with Gasteiger partial charge in [-0.3, -0.25) is 19.2 Å². The number of rotatable bonds is 13. The molecule has 0 bridgehead atoms. The molecule has 3 rings (SSSR count). The van der Waals surface area contributed by atoms with E-state index in [1.807, 2.05) is 0 Å². The smallest absolute Gasteiger partial charge is 0.377 e. The number of esters is 1. The molecule has 0 N–H and O–H groups in total. The fraction of sp³-hybridized carbons (Fsp3) is 0.424. The van der Waals surface area contributed by atoms with Gasteiger partial charge in [-0.05, 0) is 43.5 Å². The van der Waals surface area contributed by atoms with Gasteiger partial charge in [0, 0.05) is 32.2 Å². The summed E-state index contributed by atoms with van der Waals surface area (Å²) < 4.78 is 21.2. The van der Waals surface area contributed by atoms with Crippen molar-refractivity contribution in [2.45, 2.75) is 59.2 Å². The van der Waals surface area contributed by atoms with Gasteiger partial charge in [0.25, 0.3) is 17.6 Å². The van der Waals surface area contributed by atoms with E-state index in [9.17, 15) is 24.0 Å². The van der Waals surface area contributed by atoms with Crippen molar-refractivity contribution in [1.29, 1.82) is 0 Å². The fourth-order valence-corrected chi connectivity index (χ4v) is 5.11. The van der Waals surface area contributed by atoms with Gasteiger partial charge in [-0.1, -0.05) is 44.2 Å². The van der Waals surface area contributed by atoms with E-state index in [4.69, 9.17) is 18.9 Å². The molecule has 12 heteroatoms. The predicted molar refractivity (Wildman–Crippen MR) is 164 cm³/mol. The Morgan fingerprint density at radius 1 is 0.911 bits per heavy atom. The molecule has 1 aliphatic heterocycles. The zero-order chi connectivity index (χ0) is 33.4. The van der Waals surface area contributed by atoms with E-state index in [0.29, 0.717) is 22.6 Å². The molecule has 2 aromatic rings. The summed E-state index contributed by atoms with van der Waals surface area (Å²) in [6.45, 7) is 7.61. The first kappa shape index (κ1) is 34.8. The number of nitrogens with zero attached hydrogens (tertiary/aromatic N) is 3. The molecule has 2 atom stereocenters. The molecule has 1 aliphatic rings. The van der Waals surface area contributed by atoms with Crippen molar-refractivity contribution in [2.24, 2.45) is 5.92 Å². The second-order valence-corrected chi connectivity index (χ2v) is 11.0. The van der Waals surface area contributed by atoms with Crippen LogP contribution in [0.4, 0.5) is 0 Å². The third-order valence-electron chi connectivity index (χ3n) is 7.07. The summed E-state index contributed by atoms with van der Waals surface area (Å²) in [7, 11) is 4.28. The van der Waals surface area contributed by atoms with E-state index in [0.717, 1.165) is 10.0 Å². The summed E-state index contributed by atoms with van der Waals surface area (Å²) in [6, 6.07) is 11.1. The number of ketones is 1. The lowest BCUT2D eigenvalue weighted by molar-refractivity contribution is -0.173. The van der Waals surface area contributed by atoms with Gasteiger partial charge in [0.2, 0.25) is 5.91 Å². The Labute approximate surface area is 263 Å². The highest BCUT2D eigenvalue weighted by atomic mass is 16.5. The van der Waals surface area contributed by atoms with Crippen molar-refractivity contribution in [3.8, 4) is 11.5 Å². The van der Waals surface area contributed by atoms with Crippen LogP contribution in [0.25, 0.3) is 5.70 Å². The van der Waals surface area contributed by atoms with Gasteiger partial charge in [-0.25, -0.2) is 14.8 Å². The van der Waals surface area contributed by atoms with Gasteiger partial charge in [-0.15, -0.1) is 0 Å². The summed E-state index contributed by atoms with van der Waals surface area (Å²) in [4.78, 5) is 69.7. The Morgan fingerprint density at radius 2 is 1.56 bits per heavy atom. The highest BCUT2D eigenvalue weighted by molar-refractivity contribution is 6.36. The van der Waals surface area contributed by atoms with Crippen molar-refractivity contribution in [1.82, 2.24) is 14.9 Å². The first-order chi connectivity index (χ1) is 21.4. The normalized spacial score (nSPS) is 15.5. The molecule has 2 aromatic carbocycles. The Balaban J connectivity index is 2.34. The fourth-order valence-electron chi connectivity index (χ4n) is 5.11. The minimum absolute atomic E-state index is 0.0839. The molecule has 1 heterocycles. The molecule has 12 nitrogen and oxygen atoms in total. The Kier molecular flexibility index (Phi) is 11.9. The molecular formula is C33H41N3O9. The number of hydrogen-bond donors (Lipinski definition) is 0. The van der Waals surface area contributed by atoms with Crippen molar-refractivity contribution in [3.63, 3.8) is 0 Å². The quantitative estimate of drug-likeness (QED) is 0.244. The lowest BCUT2D eigenvalue weighted by atomic mass is 9.96. The SMILES string of the molecule is COCC(=O)N1C=C(c2ccc(OC)c(OC)c2)N(N(C(C)=O)[C@@H](Cc2ccccc2)C(=O)C(=O)OC(C)C)C(=O)C1C(C)C. The minimum Gasteiger partial charge on any atom is -0.493 e. The number of hydrogen-bond acceptors (Lipinski definition) is 9. The van der Waals surface area contributed by atoms with Crippen molar-refractivity contribution in [3.05, 3.63) is 65.9 Å². The molecule has 0 aromatic heterocycles. The predicted octanol–water partition coefficient (Wildman–Crippen LogP) is 3.24. The van der Waals surface area contributed by atoms with Crippen LogP contribution in [0.1, 0.15) is 45.7 Å². The largest absolute Gasteiger partial charge is 0.493 e. The van der Waals surface area contributed by atoms with E-state index in [-0.39, 0.29) is 18.7 Å². The third kappa shape index (κ3) is 7.88. The number of methoxy groups -OCH3 is 3. The summed E-state index contributed by atoms with van der Waals surface area (Å²) >= 11 is 0. The van der Waals surface area contributed by atoms with Crippen molar-refractivity contribution >= 4 is 35.2 Å². The van der Waals surface area contributed by atoms with E-state index in [1.54, 1.807) is 76.2 Å². The van der Waals surface area contributed by atoms with Gasteiger partial charge in [0.05, 0.1) is 26.0 Å². The molecule has 0 fully saturated rings. The van der Waals surface area contributed by atoms with Gasteiger partial charge < -0.3 is 23.8 Å². The second kappa shape index (κ2) is 15.3. The van der Waals surface area contributed by atoms with Gasteiger partial charge >= 0.3 is 5.97 Å². The van der Waals surface area contributed by atoms with Gasteiger partial charge in [-0.2, -0.15) is 0 Å². The molecule has 45 heavy (non-hydrogen) atoms. The zero-order valence-electron chi connectivity index (χ0n) is 26.9. The summed E-state index contributed by atoms with van der Waals surface area (Å²) in [5.74, 6) is -3.71. The van der Waals surface area contributed by atoms with E-state index in [1.165, 1.54) is 39.4 Å². The standard InChI is InChI=1S/C33H41N3O9/c1-20(2)30-32(40)36(26(18-34(30)29(38)19-42-6)24-14-15-27(43-7)28(17-24)44-8)35(22(5)37)25(16-23-12-10-9-11-13-23)31(39)33(41)45-21(3)4/h9-15,17-18,20-21,25,30H,16,19H2,1-8H3/t25-,30?/m0/s1. The van der Waals surface area contributed by atoms with Crippen LogP contribution in [-0.4, -0.2) is 90.5 Å². The molecular weight excluding hydrogens is 582 g/mol. The number of ether oxygens (including phenoxy) is 4. The molecule has 0 spiro atoms. The Morgan fingerprint density at radius 3 is 2.09 bits per heavy atom. The van der Waals surface area contributed by atoms with E-state index in [2.05, 4.69) is 0 Å². The topological polar surface area (TPSA) is 132 Å². The van der Waals surface area contributed by atoms with Crippen LogP contribution in [0.15, 0.2) is 54.7 Å². The first-order valence-corrected chi connectivity index (χ1v) is 14.5. The van der Waals surface area contributed by atoms with Crippen LogP contribution in [0, 0.1) is 5.92 Å². The van der Waals surface area contributed by atoms with E-state index < -0.39 is 53.6 Å². The number of benzene rings is 2. The maximum Gasteiger partial charge on any atom is 0.377 e. The van der Waals surface area contributed by atoms with Crippen LogP contribution in [0.5, 0.6) is 11.5 Å². The highest BCUT2D eigenvalue weighted by Crippen LogP contribution is 2.37. The van der Waals surface area contributed by atoms with Crippen LogP contribution in [0.2, 0.25) is 0 Å². The Bertz CT molecular complexity index is 1440. The van der Waals surface area contributed by atoms with Gasteiger partial charge in [0.15, 0.2) is 11.5 Å². The number of hydrazine groups is 1. The second-order valence-electron chi connectivity index (χ2n) is 11.0. The monoisotopic (exact) mass is 623 g/mol. The summed E-state index contributed by atoms with van der Waals surface area (Å²) in [5, 5.41) is 2.06. The minimum atomic E-state index is -1.47. The number of carbonyl (C=O) groups is 5. The summed E-state index contributed by atoms with van der Waals surface area (Å²) in [6.07, 6.45) is 0.740. The summed E-state index contributed by atoms with van der Waals surface area (Å²) in [5.41, 5.74) is 1.08. The first-order valence-electron chi connectivity index (χ1n) is 14.5. The average Bonchev–Trinajstić information content (AvgIpc) is 3.00. The number of carbonyl (C=O) groups excluding carboxylic acids is 5. The molecule has 1 unspecified atom stereocenters. The molecule has 0 aliphatic carbocycles. The van der Waals surface area contributed by atoms with Crippen LogP contribution < -0.4 is 9.47 Å². The lowest BCUT2D eigenvalue weighted by Crippen LogP contribution is -2.64. The molecule has 0 radical (unpaired) electrons. The molecule has 242 valence electrons. The molecule has 0 saturated heterocycles. The van der Waals surface area contributed by atoms with Crippen molar-refractivity contribution < 1.29 is 42.9 Å². The van der Waals surface area contributed by atoms with Crippen LogP contribution in [-0.2, 0) is 39.9 Å². The average molecular weight is 624 g/mol. The molecule has 3 amide bonds. The number of amides is 3. The Hall–Kier alpha value is -4.71. The van der Waals surface area contributed by atoms with Crippen LogP contribution >= 0.6 is 0 Å². The maximum absolute atomic E-state index is 14.6. The third-order valence-corrected chi connectivity index (χ3v) is 7.07. The van der Waals surface area contributed by atoms with Gasteiger partial charge in [0.1, 0.15) is 18.7 Å². The van der Waals surface area contributed by atoms with Crippen molar-refractivity contribution in [2.75, 3.05) is 27.9 Å². The number of Topliss-reactive ketones (excluding diaryl/α,β-unsaturated/α-hetero) is 1. The highest BCUT2D eigenvalue weighted by Gasteiger charge is 2.47. The molecule has 0 saturated carbocycles. The zero-order valence-corrected chi connectivity index (χ0v) is 26.9.